The Hall–Kier alpha value is -1.55. The van der Waals surface area contributed by atoms with Crippen LogP contribution in [0.1, 0.15) is 49.0 Å². The molecule has 4 heteroatoms. The zero-order chi connectivity index (χ0) is 14.9. The summed E-state index contributed by atoms with van der Waals surface area (Å²) in [7, 11) is 0. The predicted octanol–water partition coefficient (Wildman–Crippen LogP) is 2.73. The normalized spacial score (nSPS) is 23.8. The summed E-state index contributed by atoms with van der Waals surface area (Å²) in [6.07, 6.45) is 3.82. The number of ether oxygens (including phenoxy) is 1. The molecule has 1 saturated heterocycles. The number of hydrogen-bond donors (Lipinski definition) is 2. The van der Waals surface area contributed by atoms with Gasteiger partial charge < -0.3 is 15.4 Å². The van der Waals surface area contributed by atoms with Crippen LogP contribution in [0.15, 0.2) is 18.2 Å². The number of hydrogen-bond acceptors (Lipinski definition) is 3. The van der Waals surface area contributed by atoms with Crippen molar-refractivity contribution in [2.45, 2.75) is 51.2 Å². The molecule has 114 valence electrons. The average Bonchev–Trinajstić information content (AvgIpc) is 2.45. The third-order valence-corrected chi connectivity index (χ3v) is 4.37. The van der Waals surface area contributed by atoms with E-state index >= 15 is 0 Å². The fourth-order valence-corrected chi connectivity index (χ4v) is 3.34. The van der Waals surface area contributed by atoms with Gasteiger partial charge in [0.2, 0.25) is 0 Å². The van der Waals surface area contributed by atoms with Crippen LogP contribution >= 0.6 is 0 Å². The molecule has 2 N–H and O–H groups in total. The van der Waals surface area contributed by atoms with Gasteiger partial charge in [-0.2, -0.15) is 0 Å². The molecule has 1 aromatic rings. The molecule has 1 fully saturated rings. The Morgan fingerprint density at radius 2 is 2.29 bits per heavy atom. The van der Waals surface area contributed by atoms with Crippen LogP contribution < -0.4 is 10.6 Å². The molecular weight excluding hydrogens is 264 g/mol. The smallest absolute Gasteiger partial charge is 0.251 e. The Labute approximate surface area is 126 Å². The van der Waals surface area contributed by atoms with Crippen LogP contribution in [0.2, 0.25) is 0 Å². The predicted molar refractivity (Wildman–Crippen MR) is 83.8 cm³/mol. The average molecular weight is 288 g/mol. The van der Waals surface area contributed by atoms with Crippen molar-refractivity contribution in [3.8, 4) is 0 Å². The van der Waals surface area contributed by atoms with Gasteiger partial charge in [0.25, 0.3) is 5.91 Å². The number of anilines is 1. The van der Waals surface area contributed by atoms with Gasteiger partial charge in [-0.1, -0.05) is 6.07 Å². The second kappa shape index (κ2) is 5.68. The van der Waals surface area contributed by atoms with Crippen molar-refractivity contribution in [2.24, 2.45) is 0 Å². The van der Waals surface area contributed by atoms with Gasteiger partial charge in [-0.15, -0.1) is 0 Å². The van der Waals surface area contributed by atoms with E-state index in [1.165, 1.54) is 0 Å². The van der Waals surface area contributed by atoms with Crippen molar-refractivity contribution in [2.75, 3.05) is 18.5 Å². The largest absolute Gasteiger partial charge is 0.385 e. The standard InChI is InChI=1S/C17H24N2O2/c1-17(2)11-12(8-10-21-17)19-16(20)14-5-3-7-15-13(14)6-4-9-18-15/h3,5,7,12,18H,4,6,8-11H2,1-2H3,(H,19,20). The third-order valence-electron chi connectivity index (χ3n) is 4.37. The first-order chi connectivity index (χ1) is 10.1. The molecule has 0 aromatic heterocycles. The maximum atomic E-state index is 12.6. The zero-order valence-electron chi connectivity index (χ0n) is 12.9. The zero-order valence-corrected chi connectivity index (χ0v) is 12.9. The minimum absolute atomic E-state index is 0.0539. The molecule has 2 aliphatic heterocycles. The lowest BCUT2D eigenvalue weighted by Gasteiger charge is -2.36. The van der Waals surface area contributed by atoms with Crippen molar-refractivity contribution in [1.82, 2.24) is 5.32 Å². The van der Waals surface area contributed by atoms with Gasteiger partial charge in [-0.25, -0.2) is 0 Å². The van der Waals surface area contributed by atoms with Gasteiger partial charge in [0.1, 0.15) is 0 Å². The van der Waals surface area contributed by atoms with E-state index < -0.39 is 0 Å². The Morgan fingerprint density at radius 1 is 1.43 bits per heavy atom. The van der Waals surface area contributed by atoms with Gasteiger partial charge in [-0.05, 0) is 57.2 Å². The summed E-state index contributed by atoms with van der Waals surface area (Å²) >= 11 is 0. The SMILES string of the molecule is CC1(C)CC(NC(=O)c2cccc3c2CCCN3)CCO1. The monoisotopic (exact) mass is 288 g/mol. The molecule has 1 unspecified atom stereocenters. The third kappa shape index (κ3) is 3.21. The van der Waals surface area contributed by atoms with Crippen LogP contribution in [0.5, 0.6) is 0 Å². The van der Waals surface area contributed by atoms with E-state index in [1.54, 1.807) is 0 Å². The van der Waals surface area contributed by atoms with Crippen LogP contribution in [0.25, 0.3) is 0 Å². The lowest BCUT2D eigenvalue weighted by molar-refractivity contribution is -0.0615. The first-order valence-corrected chi connectivity index (χ1v) is 7.86. The van der Waals surface area contributed by atoms with Crippen molar-refractivity contribution in [3.05, 3.63) is 29.3 Å². The summed E-state index contributed by atoms with van der Waals surface area (Å²) in [6.45, 7) is 5.87. The quantitative estimate of drug-likeness (QED) is 0.880. The van der Waals surface area contributed by atoms with Crippen molar-refractivity contribution in [3.63, 3.8) is 0 Å². The van der Waals surface area contributed by atoms with E-state index in [2.05, 4.69) is 30.5 Å². The highest BCUT2D eigenvalue weighted by atomic mass is 16.5. The molecule has 0 aliphatic carbocycles. The Kier molecular flexibility index (Phi) is 3.89. The maximum absolute atomic E-state index is 12.6. The molecular formula is C17H24N2O2. The maximum Gasteiger partial charge on any atom is 0.251 e. The lowest BCUT2D eigenvalue weighted by Crippen LogP contribution is -2.46. The molecule has 3 rings (SSSR count). The topological polar surface area (TPSA) is 50.4 Å². The molecule has 2 heterocycles. The number of carbonyl (C=O) groups is 1. The summed E-state index contributed by atoms with van der Waals surface area (Å²) < 4.78 is 5.71. The van der Waals surface area contributed by atoms with Gasteiger partial charge in [0.15, 0.2) is 0 Å². The lowest BCUT2D eigenvalue weighted by atomic mass is 9.93. The van der Waals surface area contributed by atoms with Gasteiger partial charge in [0.05, 0.1) is 5.60 Å². The van der Waals surface area contributed by atoms with Gasteiger partial charge in [0, 0.05) is 30.4 Å². The fraction of sp³-hybridized carbons (Fsp3) is 0.588. The number of carbonyl (C=O) groups excluding carboxylic acids is 1. The minimum atomic E-state index is -0.145. The summed E-state index contributed by atoms with van der Waals surface area (Å²) in [5.41, 5.74) is 2.95. The second-order valence-electron chi connectivity index (χ2n) is 6.63. The Morgan fingerprint density at radius 3 is 3.10 bits per heavy atom. The molecule has 1 amide bonds. The molecule has 0 saturated carbocycles. The van der Waals surface area contributed by atoms with Crippen LogP contribution in [-0.2, 0) is 11.2 Å². The number of amides is 1. The van der Waals surface area contributed by atoms with Crippen LogP contribution in [0.4, 0.5) is 5.69 Å². The molecule has 0 bridgehead atoms. The fourth-order valence-electron chi connectivity index (χ4n) is 3.34. The van der Waals surface area contributed by atoms with Crippen LogP contribution in [0.3, 0.4) is 0 Å². The highest BCUT2D eigenvalue weighted by molar-refractivity contribution is 5.97. The number of fused-ring (bicyclic) bond motifs is 1. The number of benzene rings is 1. The van der Waals surface area contributed by atoms with E-state index in [9.17, 15) is 4.79 Å². The van der Waals surface area contributed by atoms with Crippen molar-refractivity contribution in [1.29, 1.82) is 0 Å². The summed E-state index contributed by atoms with van der Waals surface area (Å²) in [6, 6.07) is 6.16. The van der Waals surface area contributed by atoms with E-state index in [1.807, 2.05) is 12.1 Å². The van der Waals surface area contributed by atoms with E-state index in [0.29, 0.717) is 6.61 Å². The molecule has 0 spiro atoms. The van der Waals surface area contributed by atoms with E-state index in [4.69, 9.17) is 4.74 Å². The number of nitrogens with one attached hydrogen (secondary N) is 2. The first kappa shape index (κ1) is 14.4. The Bertz CT molecular complexity index is 540. The molecule has 1 atom stereocenters. The molecule has 2 aliphatic rings. The Balaban J connectivity index is 1.74. The van der Waals surface area contributed by atoms with E-state index in [0.717, 1.165) is 49.0 Å². The molecule has 1 aromatic carbocycles. The molecule has 21 heavy (non-hydrogen) atoms. The van der Waals surface area contributed by atoms with Gasteiger partial charge in [-0.3, -0.25) is 4.79 Å². The highest BCUT2D eigenvalue weighted by Gasteiger charge is 2.30. The summed E-state index contributed by atoms with van der Waals surface area (Å²) in [5, 5.41) is 6.57. The summed E-state index contributed by atoms with van der Waals surface area (Å²) in [4.78, 5) is 12.6. The second-order valence-corrected chi connectivity index (χ2v) is 6.63. The molecule has 0 radical (unpaired) electrons. The van der Waals surface area contributed by atoms with Crippen LogP contribution in [-0.4, -0.2) is 30.7 Å². The van der Waals surface area contributed by atoms with Crippen LogP contribution in [0, 0.1) is 0 Å². The summed E-state index contributed by atoms with van der Waals surface area (Å²) in [5.74, 6) is 0.0539. The highest BCUT2D eigenvalue weighted by Crippen LogP contribution is 2.27. The van der Waals surface area contributed by atoms with Crippen molar-refractivity contribution >= 4 is 11.6 Å². The first-order valence-electron chi connectivity index (χ1n) is 7.86. The number of rotatable bonds is 2. The molecule has 4 nitrogen and oxygen atoms in total. The minimum Gasteiger partial charge on any atom is -0.385 e. The van der Waals surface area contributed by atoms with Gasteiger partial charge >= 0.3 is 0 Å². The van der Waals surface area contributed by atoms with Crippen molar-refractivity contribution < 1.29 is 9.53 Å². The van der Waals surface area contributed by atoms with E-state index in [-0.39, 0.29) is 17.6 Å².